The van der Waals surface area contributed by atoms with Crippen LogP contribution in [0.5, 0.6) is 5.75 Å². The Morgan fingerprint density at radius 2 is 2.29 bits per heavy atom. The molecule has 0 aliphatic heterocycles. The van der Waals surface area contributed by atoms with Crippen LogP contribution in [0, 0.1) is 5.82 Å². The van der Waals surface area contributed by atoms with Gasteiger partial charge in [0.15, 0.2) is 0 Å². The van der Waals surface area contributed by atoms with E-state index in [4.69, 9.17) is 10.5 Å². The summed E-state index contributed by atoms with van der Waals surface area (Å²) in [6.07, 6.45) is 7.81. The average molecular weight is 291 g/mol. The van der Waals surface area contributed by atoms with E-state index in [1.165, 1.54) is 12.1 Å². The van der Waals surface area contributed by atoms with Crippen LogP contribution in [0.4, 0.5) is 4.39 Å². The number of aryl methyl sites for hydroxylation is 1. The van der Waals surface area contributed by atoms with Crippen molar-refractivity contribution in [3.05, 3.63) is 48.3 Å². The lowest BCUT2D eigenvalue weighted by atomic mass is 10.0. The highest BCUT2D eigenvalue weighted by molar-refractivity contribution is 5.34. The summed E-state index contributed by atoms with van der Waals surface area (Å²) in [4.78, 5) is 3.99. The molecule has 0 aliphatic carbocycles. The highest BCUT2D eigenvalue weighted by Gasteiger charge is 2.09. The summed E-state index contributed by atoms with van der Waals surface area (Å²) >= 11 is 0. The van der Waals surface area contributed by atoms with E-state index in [2.05, 4.69) is 4.98 Å². The predicted molar refractivity (Wildman–Crippen MR) is 80.7 cm³/mol. The van der Waals surface area contributed by atoms with Gasteiger partial charge in [-0.05, 0) is 43.0 Å². The zero-order chi connectivity index (χ0) is 15.1. The number of hydrogen-bond acceptors (Lipinski definition) is 3. The third-order valence-corrected chi connectivity index (χ3v) is 3.41. The Labute approximate surface area is 124 Å². The number of benzene rings is 1. The third-order valence-electron chi connectivity index (χ3n) is 3.41. The highest BCUT2D eigenvalue weighted by Crippen LogP contribution is 2.22. The predicted octanol–water partition coefficient (Wildman–Crippen LogP) is 2.77. The second-order valence-corrected chi connectivity index (χ2v) is 5.13. The van der Waals surface area contributed by atoms with E-state index in [-0.39, 0.29) is 11.9 Å². The van der Waals surface area contributed by atoms with E-state index < -0.39 is 0 Å². The van der Waals surface area contributed by atoms with Crippen LogP contribution >= 0.6 is 0 Å². The standard InChI is InChI=1S/C16H22FN3O/c1-2-15(18)11-13-10-14(17)4-5-16(13)21-9-3-7-20-8-6-19-12-20/h4-6,8,10,12,15H,2-3,7,9,11,18H2,1H3. The molecule has 0 saturated carbocycles. The normalized spacial score (nSPS) is 12.3. The number of nitrogens with two attached hydrogens (primary N) is 1. The number of aromatic nitrogens is 2. The first-order chi connectivity index (χ1) is 10.2. The highest BCUT2D eigenvalue weighted by atomic mass is 19.1. The molecule has 4 nitrogen and oxygen atoms in total. The molecule has 0 aliphatic rings. The average Bonchev–Trinajstić information content (AvgIpc) is 2.98. The number of nitrogens with zero attached hydrogens (tertiary/aromatic N) is 2. The molecule has 2 N–H and O–H groups in total. The van der Waals surface area contributed by atoms with Crippen molar-refractivity contribution in [2.45, 2.75) is 38.8 Å². The maximum absolute atomic E-state index is 13.4. The van der Waals surface area contributed by atoms with Crippen LogP contribution in [0.25, 0.3) is 0 Å². The lowest BCUT2D eigenvalue weighted by Gasteiger charge is -2.14. The zero-order valence-electron chi connectivity index (χ0n) is 12.3. The van der Waals surface area contributed by atoms with Gasteiger partial charge in [-0.2, -0.15) is 0 Å². The van der Waals surface area contributed by atoms with Gasteiger partial charge in [0, 0.05) is 25.0 Å². The summed E-state index contributed by atoms with van der Waals surface area (Å²) in [5, 5.41) is 0. The molecule has 1 atom stereocenters. The Morgan fingerprint density at radius 1 is 1.43 bits per heavy atom. The largest absolute Gasteiger partial charge is 0.493 e. The Kier molecular flexibility index (Phi) is 5.75. The first-order valence-electron chi connectivity index (χ1n) is 7.31. The van der Waals surface area contributed by atoms with E-state index in [1.807, 2.05) is 17.7 Å². The number of hydrogen-bond donors (Lipinski definition) is 1. The smallest absolute Gasteiger partial charge is 0.123 e. The Morgan fingerprint density at radius 3 is 3.00 bits per heavy atom. The lowest BCUT2D eigenvalue weighted by molar-refractivity contribution is 0.297. The van der Waals surface area contributed by atoms with Gasteiger partial charge >= 0.3 is 0 Å². The minimum Gasteiger partial charge on any atom is -0.493 e. The summed E-state index contributed by atoms with van der Waals surface area (Å²) in [6.45, 7) is 3.46. The second kappa shape index (κ2) is 7.78. The fourth-order valence-electron chi connectivity index (χ4n) is 2.12. The minimum absolute atomic E-state index is 0.0279. The molecule has 1 unspecified atom stereocenters. The van der Waals surface area contributed by atoms with Gasteiger partial charge in [-0.25, -0.2) is 9.37 Å². The van der Waals surface area contributed by atoms with Gasteiger partial charge in [0.05, 0.1) is 12.9 Å². The van der Waals surface area contributed by atoms with E-state index in [0.29, 0.717) is 13.0 Å². The SMILES string of the molecule is CCC(N)Cc1cc(F)ccc1OCCCn1ccnc1. The molecule has 5 heteroatoms. The monoisotopic (exact) mass is 291 g/mol. The van der Waals surface area contributed by atoms with Crippen molar-refractivity contribution in [2.24, 2.45) is 5.73 Å². The molecule has 1 aromatic carbocycles. The Hall–Kier alpha value is -1.88. The van der Waals surface area contributed by atoms with Crippen molar-refractivity contribution in [1.29, 1.82) is 0 Å². The van der Waals surface area contributed by atoms with E-state index in [0.717, 1.165) is 30.7 Å². The molecule has 0 amide bonds. The fraction of sp³-hybridized carbons (Fsp3) is 0.438. The zero-order valence-corrected chi connectivity index (χ0v) is 12.3. The van der Waals surface area contributed by atoms with Gasteiger partial charge < -0.3 is 15.0 Å². The fourth-order valence-corrected chi connectivity index (χ4v) is 2.12. The summed E-state index contributed by atoms with van der Waals surface area (Å²) in [5.41, 5.74) is 6.79. The van der Waals surface area contributed by atoms with Crippen molar-refractivity contribution < 1.29 is 9.13 Å². The molecule has 0 fully saturated rings. The van der Waals surface area contributed by atoms with Crippen LogP contribution < -0.4 is 10.5 Å². The van der Waals surface area contributed by atoms with Crippen molar-refractivity contribution >= 4 is 0 Å². The molecule has 2 aromatic rings. The molecular formula is C16H22FN3O. The van der Waals surface area contributed by atoms with Gasteiger partial charge in [-0.15, -0.1) is 0 Å². The molecule has 2 rings (SSSR count). The molecule has 114 valence electrons. The molecule has 0 radical (unpaired) electrons. The first kappa shape index (κ1) is 15.5. The first-order valence-corrected chi connectivity index (χ1v) is 7.31. The van der Waals surface area contributed by atoms with Crippen LogP contribution in [0.2, 0.25) is 0 Å². The molecule has 0 saturated heterocycles. The van der Waals surface area contributed by atoms with Crippen LogP contribution in [-0.4, -0.2) is 22.2 Å². The van der Waals surface area contributed by atoms with Gasteiger partial charge in [0.2, 0.25) is 0 Å². The van der Waals surface area contributed by atoms with Crippen LogP contribution in [0.3, 0.4) is 0 Å². The Balaban J connectivity index is 1.89. The minimum atomic E-state index is -0.251. The van der Waals surface area contributed by atoms with Gasteiger partial charge in [0.1, 0.15) is 11.6 Å². The number of halogens is 1. The van der Waals surface area contributed by atoms with Gasteiger partial charge in [-0.1, -0.05) is 6.92 Å². The van der Waals surface area contributed by atoms with Crippen molar-refractivity contribution in [2.75, 3.05) is 6.61 Å². The molecule has 1 aromatic heterocycles. The van der Waals surface area contributed by atoms with E-state index in [9.17, 15) is 4.39 Å². The van der Waals surface area contributed by atoms with Gasteiger partial charge in [-0.3, -0.25) is 0 Å². The maximum Gasteiger partial charge on any atom is 0.123 e. The van der Waals surface area contributed by atoms with E-state index >= 15 is 0 Å². The van der Waals surface area contributed by atoms with Crippen LogP contribution in [0.15, 0.2) is 36.9 Å². The molecule has 0 spiro atoms. The maximum atomic E-state index is 13.4. The van der Waals surface area contributed by atoms with Crippen molar-refractivity contribution in [3.8, 4) is 5.75 Å². The second-order valence-electron chi connectivity index (χ2n) is 5.13. The van der Waals surface area contributed by atoms with Crippen molar-refractivity contribution in [3.63, 3.8) is 0 Å². The lowest BCUT2D eigenvalue weighted by Crippen LogP contribution is -2.22. The quantitative estimate of drug-likeness (QED) is 0.761. The van der Waals surface area contributed by atoms with Crippen LogP contribution in [0.1, 0.15) is 25.3 Å². The summed E-state index contributed by atoms with van der Waals surface area (Å²) in [7, 11) is 0. The Bertz CT molecular complexity index is 542. The van der Waals surface area contributed by atoms with Gasteiger partial charge in [0.25, 0.3) is 0 Å². The summed E-state index contributed by atoms with van der Waals surface area (Å²) in [6, 6.07) is 4.65. The van der Waals surface area contributed by atoms with Crippen LogP contribution in [-0.2, 0) is 13.0 Å². The number of rotatable bonds is 8. The molecule has 1 heterocycles. The number of imidazole rings is 1. The van der Waals surface area contributed by atoms with Crippen molar-refractivity contribution in [1.82, 2.24) is 9.55 Å². The topological polar surface area (TPSA) is 53.1 Å². The number of ether oxygens (including phenoxy) is 1. The molecular weight excluding hydrogens is 269 g/mol. The van der Waals surface area contributed by atoms with E-state index in [1.54, 1.807) is 18.6 Å². The summed E-state index contributed by atoms with van der Waals surface area (Å²) in [5.74, 6) is 0.477. The molecule has 21 heavy (non-hydrogen) atoms. The third kappa shape index (κ3) is 4.86. The molecule has 0 bridgehead atoms. The summed E-state index contributed by atoms with van der Waals surface area (Å²) < 4.78 is 21.2.